The van der Waals surface area contributed by atoms with Crippen LogP contribution in [0.1, 0.15) is 51.4 Å². The van der Waals surface area contributed by atoms with Gasteiger partial charge in [-0.2, -0.15) is 0 Å². The largest absolute Gasteiger partial charge is 0.356 e. The van der Waals surface area contributed by atoms with Gasteiger partial charge in [0, 0.05) is 13.0 Å². The van der Waals surface area contributed by atoms with Gasteiger partial charge in [0.15, 0.2) is 0 Å². The van der Waals surface area contributed by atoms with E-state index in [0.717, 1.165) is 38.3 Å². The monoisotopic (exact) mass is 226 g/mol. The van der Waals surface area contributed by atoms with E-state index in [0.29, 0.717) is 0 Å². The fraction of sp³-hybridized carbons (Fsp3) is 0.923. The van der Waals surface area contributed by atoms with Crippen LogP contribution < -0.4 is 10.6 Å². The van der Waals surface area contributed by atoms with Crippen molar-refractivity contribution in [3.63, 3.8) is 0 Å². The van der Waals surface area contributed by atoms with Gasteiger partial charge in [0.05, 0.1) is 0 Å². The van der Waals surface area contributed by atoms with Gasteiger partial charge in [-0.15, -0.1) is 0 Å². The van der Waals surface area contributed by atoms with Crippen molar-refractivity contribution in [2.75, 3.05) is 20.1 Å². The molecule has 1 rings (SSSR count). The van der Waals surface area contributed by atoms with Crippen LogP contribution in [0.4, 0.5) is 0 Å². The first-order valence-electron chi connectivity index (χ1n) is 6.74. The first-order valence-corrected chi connectivity index (χ1v) is 6.74. The predicted molar refractivity (Wildman–Crippen MR) is 67.4 cm³/mol. The molecule has 1 aliphatic rings. The average Bonchev–Trinajstić information content (AvgIpc) is 2.77. The molecule has 3 heteroatoms. The maximum absolute atomic E-state index is 11.4. The highest BCUT2D eigenvalue weighted by Crippen LogP contribution is 2.28. The van der Waals surface area contributed by atoms with Crippen molar-refractivity contribution >= 4 is 5.91 Å². The van der Waals surface area contributed by atoms with Crippen molar-refractivity contribution in [1.82, 2.24) is 10.6 Å². The molecule has 2 N–H and O–H groups in total. The third-order valence-electron chi connectivity index (χ3n) is 3.42. The number of hydrogen-bond donors (Lipinski definition) is 2. The molecule has 94 valence electrons. The van der Waals surface area contributed by atoms with E-state index < -0.39 is 0 Å². The zero-order chi connectivity index (χ0) is 11.6. The smallest absolute Gasteiger partial charge is 0.219 e. The molecule has 3 nitrogen and oxygen atoms in total. The Morgan fingerprint density at radius 2 is 1.94 bits per heavy atom. The molecule has 0 aromatic heterocycles. The first kappa shape index (κ1) is 13.5. The summed E-state index contributed by atoms with van der Waals surface area (Å²) in [5.74, 6) is 1.14. The van der Waals surface area contributed by atoms with Gasteiger partial charge in [-0.1, -0.05) is 25.7 Å². The van der Waals surface area contributed by atoms with E-state index in [4.69, 9.17) is 0 Å². The van der Waals surface area contributed by atoms with Gasteiger partial charge in [-0.3, -0.25) is 4.79 Å². The first-order chi connectivity index (χ1) is 7.83. The fourth-order valence-corrected chi connectivity index (χ4v) is 2.43. The lowest BCUT2D eigenvalue weighted by molar-refractivity contribution is -0.121. The van der Waals surface area contributed by atoms with Gasteiger partial charge in [0.25, 0.3) is 0 Å². The lowest BCUT2D eigenvalue weighted by atomic mass is 10.0. The summed E-state index contributed by atoms with van der Waals surface area (Å²) >= 11 is 0. The molecule has 1 saturated carbocycles. The Hall–Kier alpha value is -0.570. The van der Waals surface area contributed by atoms with E-state index in [1.165, 1.54) is 32.1 Å². The molecule has 0 aromatic rings. The fourth-order valence-electron chi connectivity index (χ4n) is 2.43. The molecule has 1 fully saturated rings. The Morgan fingerprint density at radius 1 is 1.19 bits per heavy atom. The Labute approximate surface area is 99.4 Å². The highest BCUT2D eigenvalue weighted by molar-refractivity contribution is 5.75. The molecule has 1 amide bonds. The second-order valence-corrected chi connectivity index (χ2v) is 4.85. The van der Waals surface area contributed by atoms with Crippen LogP contribution in [0.25, 0.3) is 0 Å². The summed E-state index contributed by atoms with van der Waals surface area (Å²) in [4.78, 5) is 11.4. The third-order valence-corrected chi connectivity index (χ3v) is 3.42. The van der Waals surface area contributed by atoms with E-state index >= 15 is 0 Å². The molecular formula is C13H26N2O. The molecule has 1 aliphatic carbocycles. The number of hydrogen-bond acceptors (Lipinski definition) is 2. The molecule has 0 aliphatic heterocycles. The number of carbonyl (C=O) groups is 1. The molecule has 0 bridgehead atoms. The Balaban J connectivity index is 1.89. The summed E-state index contributed by atoms with van der Waals surface area (Å²) in [6.45, 7) is 1.78. The van der Waals surface area contributed by atoms with E-state index in [2.05, 4.69) is 10.6 Å². The maximum atomic E-state index is 11.4. The second-order valence-electron chi connectivity index (χ2n) is 4.85. The van der Waals surface area contributed by atoms with Crippen molar-refractivity contribution in [3.8, 4) is 0 Å². The van der Waals surface area contributed by atoms with Crippen molar-refractivity contribution in [2.45, 2.75) is 51.4 Å². The molecular weight excluding hydrogens is 200 g/mol. The standard InChI is InChI=1S/C13H26N2O/c1-14-10-5-11-15-13(16)9-4-8-12-6-2-3-7-12/h12,14H,2-11H2,1H3,(H,15,16). The SMILES string of the molecule is CNCCCNC(=O)CCCC1CCCC1. The van der Waals surface area contributed by atoms with Crippen LogP contribution in [-0.2, 0) is 4.79 Å². The number of rotatable bonds is 8. The minimum absolute atomic E-state index is 0.231. The lowest BCUT2D eigenvalue weighted by Crippen LogP contribution is -2.26. The lowest BCUT2D eigenvalue weighted by Gasteiger charge is -2.08. The van der Waals surface area contributed by atoms with Crippen LogP contribution in [0, 0.1) is 5.92 Å². The average molecular weight is 226 g/mol. The highest BCUT2D eigenvalue weighted by atomic mass is 16.1. The molecule has 0 saturated heterocycles. The summed E-state index contributed by atoms with van der Waals surface area (Å²) in [6.07, 6.45) is 9.66. The van der Waals surface area contributed by atoms with Crippen LogP contribution >= 0.6 is 0 Å². The molecule has 0 unspecified atom stereocenters. The minimum atomic E-state index is 0.231. The van der Waals surface area contributed by atoms with E-state index in [-0.39, 0.29) is 5.91 Å². The summed E-state index contributed by atoms with van der Waals surface area (Å²) in [7, 11) is 1.93. The Bertz CT molecular complexity index is 188. The van der Waals surface area contributed by atoms with Crippen molar-refractivity contribution in [3.05, 3.63) is 0 Å². The van der Waals surface area contributed by atoms with Gasteiger partial charge >= 0.3 is 0 Å². The zero-order valence-electron chi connectivity index (χ0n) is 10.6. The molecule has 0 aromatic carbocycles. The third kappa shape index (κ3) is 6.11. The summed E-state index contributed by atoms with van der Waals surface area (Å²) < 4.78 is 0. The van der Waals surface area contributed by atoms with Crippen LogP contribution in [0.15, 0.2) is 0 Å². The predicted octanol–water partition coefficient (Wildman–Crippen LogP) is 2.07. The van der Waals surface area contributed by atoms with Crippen molar-refractivity contribution in [1.29, 1.82) is 0 Å². The number of nitrogens with one attached hydrogen (secondary N) is 2. The van der Waals surface area contributed by atoms with Crippen molar-refractivity contribution < 1.29 is 4.79 Å². The summed E-state index contributed by atoms with van der Waals surface area (Å²) in [5, 5.41) is 6.03. The topological polar surface area (TPSA) is 41.1 Å². The molecule has 0 atom stereocenters. The van der Waals surface area contributed by atoms with Crippen LogP contribution in [0.2, 0.25) is 0 Å². The van der Waals surface area contributed by atoms with Gasteiger partial charge in [0.2, 0.25) is 5.91 Å². The van der Waals surface area contributed by atoms with Gasteiger partial charge in [-0.25, -0.2) is 0 Å². The summed E-state index contributed by atoms with van der Waals surface area (Å²) in [6, 6.07) is 0. The van der Waals surface area contributed by atoms with Gasteiger partial charge < -0.3 is 10.6 Å². The number of carbonyl (C=O) groups excluding carboxylic acids is 1. The zero-order valence-corrected chi connectivity index (χ0v) is 10.6. The van der Waals surface area contributed by atoms with Crippen LogP contribution in [0.5, 0.6) is 0 Å². The molecule has 0 heterocycles. The summed E-state index contributed by atoms with van der Waals surface area (Å²) in [5.41, 5.74) is 0. The Morgan fingerprint density at radius 3 is 2.62 bits per heavy atom. The molecule has 16 heavy (non-hydrogen) atoms. The highest BCUT2D eigenvalue weighted by Gasteiger charge is 2.14. The van der Waals surface area contributed by atoms with Crippen LogP contribution in [-0.4, -0.2) is 26.0 Å². The molecule has 0 radical (unpaired) electrons. The van der Waals surface area contributed by atoms with E-state index in [1.807, 2.05) is 7.05 Å². The van der Waals surface area contributed by atoms with Crippen molar-refractivity contribution in [2.24, 2.45) is 5.92 Å². The Kier molecular flexibility index (Phi) is 7.23. The number of amides is 1. The minimum Gasteiger partial charge on any atom is -0.356 e. The van der Waals surface area contributed by atoms with Gasteiger partial charge in [-0.05, 0) is 38.8 Å². The molecule has 0 spiro atoms. The van der Waals surface area contributed by atoms with Crippen LogP contribution in [0.3, 0.4) is 0 Å². The maximum Gasteiger partial charge on any atom is 0.219 e. The van der Waals surface area contributed by atoms with E-state index in [1.54, 1.807) is 0 Å². The normalized spacial score (nSPS) is 16.6. The second kappa shape index (κ2) is 8.57. The van der Waals surface area contributed by atoms with E-state index in [9.17, 15) is 4.79 Å². The van der Waals surface area contributed by atoms with Gasteiger partial charge in [0.1, 0.15) is 0 Å². The quantitative estimate of drug-likeness (QED) is 0.622.